The second kappa shape index (κ2) is 13.3. The molecule has 0 radical (unpaired) electrons. The van der Waals surface area contributed by atoms with Gasteiger partial charge in [-0.05, 0) is 57.5 Å². The Morgan fingerprint density at radius 3 is 2.16 bits per heavy atom. The number of amides is 4. The normalized spacial score (nSPS) is 12.4. The lowest BCUT2D eigenvalue weighted by molar-refractivity contribution is -0.141. The predicted octanol–water partition coefficient (Wildman–Crippen LogP) is 3.47. The molecule has 0 aliphatic rings. The number of benzene rings is 2. The van der Waals surface area contributed by atoms with E-state index in [1.54, 1.807) is 57.2 Å². The smallest absolute Gasteiger partial charge is 0.408 e. The Hall–Kier alpha value is -4.34. The molecular formula is C28H36N4O6. The van der Waals surface area contributed by atoms with E-state index in [-0.39, 0.29) is 6.54 Å². The fourth-order valence-electron chi connectivity index (χ4n) is 3.62. The topological polar surface area (TPSA) is 140 Å². The fourth-order valence-corrected chi connectivity index (χ4v) is 3.62. The van der Waals surface area contributed by atoms with E-state index in [4.69, 9.17) is 15.2 Å². The summed E-state index contributed by atoms with van der Waals surface area (Å²) < 4.78 is 10.4. The molecule has 10 heteroatoms. The molecule has 0 heterocycles. The number of anilines is 1. The maximum Gasteiger partial charge on any atom is 0.408 e. The Bertz CT molecular complexity index is 1140. The Morgan fingerprint density at radius 1 is 1.05 bits per heavy atom. The molecule has 4 amide bonds. The van der Waals surface area contributed by atoms with Gasteiger partial charge in [0.25, 0.3) is 5.91 Å². The minimum Gasteiger partial charge on any atom is -0.497 e. The first-order valence-corrected chi connectivity index (χ1v) is 12.0. The summed E-state index contributed by atoms with van der Waals surface area (Å²) >= 11 is 0. The van der Waals surface area contributed by atoms with Gasteiger partial charge in [-0.2, -0.15) is 0 Å². The molecule has 10 nitrogen and oxygen atoms in total. The van der Waals surface area contributed by atoms with Crippen molar-refractivity contribution in [3.63, 3.8) is 0 Å². The number of nitrogens with one attached hydrogen (secondary N) is 2. The summed E-state index contributed by atoms with van der Waals surface area (Å²) in [5.41, 5.74) is 6.51. The van der Waals surface area contributed by atoms with Crippen molar-refractivity contribution in [3.05, 3.63) is 72.3 Å². The van der Waals surface area contributed by atoms with Gasteiger partial charge in [-0.1, -0.05) is 35.9 Å². The number of primary amides is 1. The van der Waals surface area contributed by atoms with Crippen LogP contribution in [0.25, 0.3) is 0 Å². The summed E-state index contributed by atoms with van der Waals surface area (Å²) in [5.74, 6) is -1.41. The van der Waals surface area contributed by atoms with Crippen molar-refractivity contribution in [2.45, 2.75) is 51.8 Å². The molecule has 2 aromatic carbocycles. The van der Waals surface area contributed by atoms with Crippen LogP contribution in [-0.2, 0) is 19.1 Å². The van der Waals surface area contributed by atoms with Gasteiger partial charge in [-0.3, -0.25) is 14.4 Å². The number of ether oxygens (including phenoxy) is 2. The second-order valence-electron chi connectivity index (χ2n) is 9.68. The van der Waals surface area contributed by atoms with Crippen LogP contribution in [0.1, 0.15) is 44.4 Å². The Morgan fingerprint density at radius 2 is 1.66 bits per heavy atom. The van der Waals surface area contributed by atoms with Crippen LogP contribution in [0.4, 0.5) is 10.5 Å². The maximum atomic E-state index is 13.8. The van der Waals surface area contributed by atoms with Crippen LogP contribution in [0.5, 0.6) is 5.75 Å². The number of methoxy groups -OCH3 is 1. The molecule has 0 spiro atoms. The van der Waals surface area contributed by atoms with E-state index in [0.29, 0.717) is 17.0 Å². The van der Waals surface area contributed by atoms with Crippen molar-refractivity contribution in [1.82, 2.24) is 10.2 Å². The quantitative estimate of drug-likeness (QED) is 0.385. The van der Waals surface area contributed by atoms with Gasteiger partial charge in [0.2, 0.25) is 11.8 Å². The number of nitrogens with two attached hydrogens (primary N) is 1. The summed E-state index contributed by atoms with van der Waals surface area (Å²) in [6, 6.07) is 11.3. The van der Waals surface area contributed by atoms with E-state index in [2.05, 4.69) is 17.2 Å². The molecule has 0 aliphatic carbocycles. The molecule has 2 unspecified atom stereocenters. The summed E-state index contributed by atoms with van der Waals surface area (Å²) in [7, 11) is 1.54. The lowest BCUT2D eigenvalue weighted by Crippen LogP contribution is -2.53. The van der Waals surface area contributed by atoms with Gasteiger partial charge < -0.3 is 30.7 Å². The third-order valence-corrected chi connectivity index (χ3v) is 5.31. The van der Waals surface area contributed by atoms with Crippen molar-refractivity contribution in [1.29, 1.82) is 0 Å². The van der Waals surface area contributed by atoms with E-state index in [1.165, 1.54) is 18.1 Å². The van der Waals surface area contributed by atoms with Gasteiger partial charge in [0.05, 0.1) is 13.5 Å². The lowest BCUT2D eigenvalue weighted by atomic mass is 10.0. The molecule has 2 atom stereocenters. The van der Waals surface area contributed by atoms with E-state index in [1.807, 2.05) is 19.1 Å². The lowest BCUT2D eigenvalue weighted by Gasteiger charge is -2.33. The highest BCUT2D eigenvalue weighted by atomic mass is 16.6. The molecule has 0 saturated heterocycles. The first-order chi connectivity index (χ1) is 17.8. The van der Waals surface area contributed by atoms with Crippen molar-refractivity contribution >= 4 is 29.5 Å². The number of hydrogen-bond acceptors (Lipinski definition) is 6. The Labute approximate surface area is 223 Å². The summed E-state index contributed by atoms with van der Waals surface area (Å²) in [5, 5.41) is 5.25. The monoisotopic (exact) mass is 524 g/mol. The molecule has 204 valence electrons. The number of rotatable bonds is 11. The number of hydrogen-bond donors (Lipinski definition) is 3. The highest BCUT2D eigenvalue weighted by Gasteiger charge is 2.36. The zero-order valence-electron chi connectivity index (χ0n) is 22.4. The number of aryl methyl sites for hydroxylation is 1. The van der Waals surface area contributed by atoms with Gasteiger partial charge >= 0.3 is 6.09 Å². The molecule has 0 bridgehead atoms. The Kier molecular flexibility index (Phi) is 10.4. The van der Waals surface area contributed by atoms with E-state index in [0.717, 1.165) is 5.56 Å². The van der Waals surface area contributed by atoms with Crippen LogP contribution >= 0.6 is 0 Å². The molecular weight excluding hydrogens is 488 g/mol. The molecule has 0 fully saturated rings. The standard InChI is InChI=1S/C28H36N4O6/c1-7-16-32(26(35)22(17-23(29)33)31-27(36)38-28(3,4)5)24(19-10-8-18(2)9-11-19)25(34)30-20-12-14-21(37-6)15-13-20/h7-15,22,24H,1,16-17H2,2-6H3,(H2,29,33)(H,30,34)(H,31,36). The number of alkyl carbamates (subject to hydrolysis) is 1. The van der Waals surface area contributed by atoms with Gasteiger partial charge in [0, 0.05) is 12.2 Å². The van der Waals surface area contributed by atoms with Crippen molar-refractivity contribution in [2.24, 2.45) is 5.73 Å². The molecule has 0 aromatic heterocycles. The van der Waals surface area contributed by atoms with Crippen molar-refractivity contribution in [3.8, 4) is 5.75 Å². The van der Waals surface area contributed by atoms with E-state index < -0.39 is 47.9 Å². The summed E-state index contributed by atoms with van der Waals surface area (Å²) in [6.07, 6.45) is 0.0614. The van der Waals surface area contributed by atoms with Crippen LogP contribution in [0.15, 0.2) is 61.2 Å². The minimum absolute atomic E-state index is 0.0569. The molecule has 38 heavy (non-hydrogen) atoms. The third-order valence-electron chi connectivity index (χ3n) is 5.31. The third kappa shape index (κ3) is 8.95. The number of nitrogens with zero attached hydrogens (tertiary/aromatic N) is 1. The molecule has 0 aliphatic heterocycles. The summed E-state index contributed by atoms with van der Waals surface area (Å²) in [4.78, 5) is 53.0. The van der Waals surface area contributed by atoms with Gasteiger partial charge in [-0.25, -0.2) is 4.79 Å². The van der Waals surface area contributed by atoms with Crippen LogP contribution in [-0.4, -0.2) is 54.0 Å². The molecule has 2 rings (SSSR count). The van der Waals surface area contributed by atoms with Crippen LogP contribution < -0.4 is 21.1 Å². The van der Waals surface area contributed by atoms with Gasteiger partial charge in [-0.15, -0.1) is 6.58 Å². The Balaban J connectivity index is 2.48. The van der Waals surface area contributed by atoms with Crippen LogP contribution in [0.2, 0.25) is 0 Å². The van der Waals surface area contributed by atoms with Crippen LogP contribution in [0, 0.1) is 6.92 Å². The first-order valence-electron chi connectivity index (χ1n) is 12.0. The van der Waals surface area contributed by atoms with Crippen molar-refractivity contribution < 1.29 is 28.7 Å². The molecule has 2 aromatic rings. The average molecular weight is 525 g/mol. The van der Waals surface area contributed by atoms with E-state index >= 15 is 0 Å². The first kappa shape index (κ1) is 29.9. The largest absolute Gasteiger partial charge is 0.497 e. The van der Waals surface area contributed by atoms with E-state index in [9.17, 15) is 19.2 Å². The highest BCUT2D eigenvalue weighted by Crippen LogP contribution is 2.26. The highest BCUT2D eigenvalue weighted by molar-refractivity contribution is 5.99. The summed E-state index contributed by atoms with van der Waals surface area (Å²) in [6.45, 7) is 10.6. The average Bonchev–Trinajstić information content (AvgIpc) is 2.83. The zero-order chi connectivity index (χ0) is 28.5. The number of carbonyl (C=O) groups excluding carboxylic acids is 4. The molecule has 0 saturated carbocycles. The van der Waals surface area contributed by atoms with Crippen molar-refractivity contribution in [2.75, 3.05) is 19.0 Å². The molecule has 4 N–H and O–H groups in total. The van der Waals surface area contributed by atoms with Gasteiger partial charge in [0.15, 0.2) is 0 Å². The fraction of sp³-hybridized carbons (Fsp3) is 0.357. The van der Waals surface area contributed by atoms with Gasteiger partial charge in [0.1, 0.15) is 23.4 Å². The minimum atomic E-state index is -1.37. The van der Waals surface area contributed by atoms with Crippen LogP contribution in [0.3, 0.4) is 0 Å². The SMILES string of the molecule is C=CCN(C(=O)C(CC(N)=O)NC(=O)OC(C)(C)C)C(C(=O)Nc1ccc(OC)cc1)c1ccc(C)cc1. The second-order valence-corrected chi connectivity index (χ2v) is 9.68. The predicted molar refractivity (Wildman–Crippen MR) is 144 cm³/mol. The number of carbonyl (C=O) groups is 4. The maximum absolute atomic E-state index is 13.8. The zero-order valence-corrected chi connectivity index (χ0v) is 22.4.